The molecule has 7 heteroatoms. The lowest BCUT2D eigenvalue weighted by Gasteiger charge is -2.30. The third kappa shape index (κ3) is 5.63. The number of carbonyl (C=O) groups excluding carboxylic acids is 1. The number of nitrogens with one attached hydrogen (secondary N) is 1. The minimum Gasteiger partial charge on any atom is -0.496 e. The standard InChI is InChI=1S/C25H36N2O4S/c1-15(2)22-14-23(18(5)13-24(22)31-8)19(6)26-25(28)20(7)27(32(9,29)30)21-11-10-16(3)17(4)12-21/h10-15,19-20H,1-9H3,(H,26,28)/t19-,20-/m0/s1. The minimum absolute atomic E-state index is 0.261. The van der Waals surface area contributed by atoms with Crippen molar-refractivity contribution >= 4 is 21.6 Å². The van der Waals surface area contributed by atoms with Crippen molar-refractivity contribution in [3.8, 4) is 5.75 Å². The first-order valence-electron chi connectivity index (χ1n) is 10.8. The van der Waals surface area contributed by atoms with Gasteiger partial charge in [0.15, 0.2) is 0 Å². The molecule has 32 heavy (non-hydrogen) atoms. The van der Waals surface area contributed by atoms with Gasteiger partial charge in [-0.25, -0.2) is 8.42 Å². The van der Waals surface area contributed by atoms with Gasteiger partial charge in [-0.05, 0) is 92.6 Å². The van der Waals surface area contributed by atoms with Gasteiger partial charge in [-0.1, -0.05) is 19.9 Å². The number of aryl methyl sites for hydroxylation is 3. The van der Waals surface area contributed by atoms with Crippen LogP contribution in [0, 0.1) is 20.8 Å². The molecule has 6 nitrogen and oxygen atoms in total. The van der Waals surface area contributed by atoms with E-state index in [-0.39, 0.29) is 17.9 Å². The largest absolute Gasteiger partial charge is 0.496 e. The lowest BCUT2D eigenvalue weighted by atomic mass is 9.93. The maximum Gasteiger partial charge on any atom is 0.244 e. The predicted octanol–water partition coefficient (Wildman–Crippen LogP) is 4.78. The Morgan fingerprint density at radius 2 is 1.56 bits per heavy atom. The van der Waals surface area contributed by atoms with Crippen molar-refractivity contribution in [1.29, 1.82) is 0 Å². The fourth-order valence-electron chi connectivity index (χ4n) is 3.89. The second-order valence-corrected chi connectivity index (χ2v) is 10.7. The predicted molar refractivity (Wildman–Crippen MR) is 131 cm³/mol. The van der Waals surface area contributed by atoms with E-state index in [2.05, 4.69) is 25.2 Å². The number of hydrogen-bond acceptors (Lipinski definition) is 4. The third-order valence-electron chi connectivity index (χ3n) is 5.90. The number of nitrogens with zero attached hydrogens (tertiary/aromatic N) is 1. The number of ether oxygens (including phenoxy) is 1. The van der Waals surface area contributed by atoms with Crippen LogP contribution >= 0.6 is 0 Å². The molecule has 0 aromatic heterocycles. The molecule has 2 rings (SSSR count). The summed E-state index contributed by atoms with van der Waals surface area (Å²) < 4.78 is 31.9. The molecule has 0 spiro atoms. The van der Waals surface area contributed by atoms with Crippen LogP contribution < -0.4 is 14.4 Å². The van der Waals surface area contributed by atoms with Crippen LogP contribution in [-0.2, 0) is 14.8 Å². The average Bonchev–Trinajstić information content (AvgIpc) is 2.68. The van der Waals surface area contributed by atoms with E-state index in [1.807, 2.05) is 39.8 Å². The maximum absolute atomic E-state index is 13.2. The summed E-state index contributed by atoms with van der Waals surface area (Å²) in [6.45, 7) is 13.6. The van der Waals surface area contributed by atoms with Gasteiger partial charge in [0, 0.05) is 0 Å². The van der Waals surface area contributed by atoms with Crippen molar-refractivity contribution in [2.24, 2.45) is 0 Å². The Kier molecular flexibility index (Phi) is 7.99. The van der Waals surface area contributed by atoms with E-state index >= 15 is 0 Å². The van der Waals surface area contributed by atoms with Crippen molar-refractivity contribution < 1.29 is 17.9 Å². The first kappa shape index (κ1) is 25.7. The highest BCUT2D eigenvalue weighted by Crippen LogP contribution is 2.32. The van der Waals surface area contributed by atoms with Gasteiger partial charge < -0.3 is 10.1 Å². The van der Waals surface area contributed by atoms with Crippen LogP contribution in [0.4, 0.5) is 5.69 Å². The molecule has 2 aromatic rings. The maximum atomic E-state index is 13.2. The molecule has 0 fully saturated rings. The number of hydrogen-bond donors (Lipinski definition) is 1. The molecule has 0 aliphatic heterocycles. The Labute approximate surface area is 193 Å². The van der Waals surface area contributed by atoms with Gasteiger partial charge >= 0.3 is 0 Å². The number of benzene rings is 2. The van der Waals surface area contributed by atoms with E-state index in [1.165, 1.54) is 4.31 Å². The Balaban J connectivity index is 2.35. The second kappa shape index (κ2) is 9.94. The molecule has 176 valence electrons. The van der Waals surface area contributed by atoms with Crippen molar-refractivity contribution in [3.63, 3.8) is 0 Å². The number of carbonyl (C=O) groups is 1. The summed E-state index contributed by atoms with van der Waals surface area (Å²) >= 11 is 0. The van der Waals surface area contributed by atoms with Gasteiger partial charge in [-0.2, -0.15) is 0 Å². The first-order chi connectivity index (χ1) is 14.8. The monoisotopic (exact) mass is 460 g/mol. The molecule has 0 bridgehead atoms. The van der Waals surface area contributed by atoms with Gasteiger partial charge in [-0.3, -0.25) is 9.10 Å². The van der Waals surface area contributed by atoms with E-state index < -0.39 is 16.1 Å². The molecular weight excluding hydrogens is 424 g/mol. The molecule has 0 saturated heterocycles. The van der Waals surface area contributed by atoms with Crippen molar-refractivity contribution in [1.82, 2.24) is 5.32 Å². The Bertz CT molecular complexity index is 1090. The molecule has 1 amide bonds. The molecule has 0 radical (unpaired) electrons. The zero-order valence-electron chi connectivity index (χ0n) is 20.6. The molecule has 0 heterocycles. The van der Waals surface area contributed by atoms with Crippen LogP contribution in [0.15, 0.2) is 30.3 Å². The average molecular weight is 461 g/mol. The van der Waals surface area contributed by atoms with Gasteiger partial charge in [0.1, 0.15) is 11.8 Å². The van der Waals surface area contributed by atoms with Gasteiger partial charge in [0.2, 0.25) is 15.9 Å². The number of amides is 1. The zero-order chi connectivity index (χ0) is 24.4. The summed E-state index contributed by atoms with van der Waals surface area (Å²) in [5.74, 6) is 0.727. The molecule has 0 unspecified atom stereocenters. The van der Waals surface area contributed by atoms with Crippen LogP contribution in [0.2, 0.25) is 0 Å². The lowest BCUT2D eigenvalue weighted by molar-refractivity contribution is -0.122. The number of sulfonamides is 1. The van der Waals surface area contributed by atoms with E-state index in [0.717, 1.165) is 39.8 Å². The van der Waals surface area contributed by atoms with Crippen LogP contribution in [-0.4, -0.2) is 33.7 Å². The second-order valence-electron chi connectivity index (χ2n) is 8.84. The fourth-order valence-corrected chi connectivity index (χ4v) is 5.06. The number of methoxy groups -OCH3 is 1. The lowest BCUT2D eigenvalue weighted by Crippen LogP contribution is -2.48. The fraction of sp³-hybridized carbons (Fsp3) is 0.480. The summed E-state index contributed by atoms with van der Waals surface area (Å²) in [4.78, 5) is 13.2. The van der Waals surface area contributed by atoms with Gasteiger partial charge in [0.25, 0.3) is 0 Å². The van der Waals surface area contributed by atoms with E-state index in [4.69, 9.17) is 4.74 Å². The normalized spacial score (nSPS) is 13.6. The third-order valence-corrected chi connectivity index (χ3v) is 7.14. The highest BCUT2D eigenvalue weighted by atomic mass is 32.2. The topological polar surface area (TPSA) is 75.7 Å². The molecular formula is C25H36N2O4S. The summed E-state index contributed by atoms with van der Waals surface area (Å²) in [5, 5.41) is 3.00. The molecule has 0 aliphatic carbocycles. The van der Waals surface area contributed by atoms with E-state index in [0.29, 0.717) is 5.69 Å². The van der Waals surface area contributed by atoms with Gasteiger partial charge in [0.05, 0.1) is 25.1 Å². The van der Waals surface area contributed by atoms with Crippen molar-refractivity contribution in [3.05, 3.63) is 58.1 Å². The molecule has 0 aliphatic rings. The van der Waals surface area contributed by atoms with Crippen LogP contribution in [0.25, 0.3) is 0 Å². The van der Waals surface area contributed by atoms with E-state index in [1.54, 1.807) is 26.2 Å². The SMILES string of the molecule is COc1cc(C)c([C@H](C)NC(=O)[C@H](C)N(c2ccc(C)c(C)c2)S(C)(=O)=O)cc1C(C)C. The number of anilines is 1. The summed E-state index contributed by atoms with van der Waals surface area (Å²) in [6.07, 6.45) is 1.12. The quantitative estimate of drug-likeness (QED) is 0.615. The summed E-state index contributed by atoms with van der Waals surface area (Å²) in [6, 6.07) is 8.24. The van der Waals surface area contributed by atoms with Crippen LogP contribution in [0.5, 0.6) is 5.75 Å². The first-order valence-corrected chi connectivity index (χ1v) is 12.7. The summed E-state index contributed by atoms with van der Waals surface area (Å²) in [7, 11) is -2.02. The Morgan fingerprint density at radius 1 is 0.938 bits per heavy atom. The Morgan fingerprint density at radius 3 is 2.06 bits per heavy atom. The zero-order valence-corrected chi connectivity index (χ0v) is 21.4. The van der Waals surface area contributed by atoms with E-state index in [9.17, 15) is 13.2 Å². The van der Waals surface area contributed by atoms with Crippen LogP contribution in [0.3, 0.4) is 0 Å². The summed E-state index contributed by atoms with van der Waals surface area (Å²) in [5.41, 5.74) is 5.55. The Hall–Kier alpha value is -2.54. The molecule has 1 N–H and O–H groups in total. The van der Waals surface area contributed by atoms with Crippen molar-refractivity contribution in [2.45, 2.75) is 66.5 Å². The highest BCUT2D eigenvalue weighted by molar-refractivity contribution is 7.92. The van der Waals surface area contributed by atoms with Crippen LogP contribution in [0.1, 0.15) is 67.5 Å². The minimum atomic E-state index is -3.67. The van der Waals surface area contributed by atoms with Gasteiger partial charge in [-0.15, -0.1) is 0 Å². The number of rotatable bonds is 8. The molecule has 2 atom stereocenters. The molecule has 2 aromatic carbocycles. The smallest absolute Gasteiger partial charge is 0.244 e. The van der Waals surface area contributed by atoms with Crippen molar-refractivity contribution in [2.75, 3.05) is 17.7 Å². The highest BCUT2D eigenvalue weighted by Gasteiger charge is 2.30. The molecule has 0 saturated carbocycles.